The highest BCUT2D eigenvalue weighted by Gasteiger charge is 2.33. The molecule has 0 radical (unpaired) electrons. The van der Waals surface area contributed by atoms with Crippen molar-refractivity contribution in [2.45, 2.75) is 26.3 Å². The quantitative estimate of drug-likeness (QED) is 0.747. The minimum absolute atomic E-state index is 0.310. The van der Waals surface area contributed by atoms with Gasteiger partial charge in [0, 0.05) is 31.7 Å². The summed E-state index contributed by atoms with van der Waals surface area (Å²) in [7, 11) is 4.25. The van der Waals surface area contributed by atoms with Crippen molar-refractivity contribution in [1.29, 1.82) is 0 Å². The lowest BCUT2D eigenvalue weighted by atomic mass is 9.86. The fourth-order valence-corrected chi connectivity index (χ4v) is 2.25. The van der Waals surface area contributed by atoms with Crippen LogP contribution in [0.1, 0.15) is 20.8 Å². The Balaban J connectivity index is 2.52. The second kappa shape index (κ2) is 5.28. The summed E-state index contributed by atoms with van der Waals surface area (Å²) in [6, 6.07) is 0. The standard InChI is InChI=1S/C12H27N3/c1-11(10-13-4)12(2,3)15-8-6-14(5)7-9-15/h11,13H,6-10H2,1-5H3. The lowest BCUT2D eigenvalue weighted by Gasteiger charge is -2.46. The summed E-state index contributed by atoms with van der Waals surface area (Å²) in [6.45, 7) is 13.0. The van der Waals surface area contributed by atoms with Crippen LogP contribution >= 0.6 is 0 Å². The molecule has 15 heavy (non-hydrogen) atoms. The first-order chi connectivity index (χ1) is 6.98. The third-order valence-corrected chi connectivity index (χ3v) is 4.03. The van der Waals surface area contributed by atoms with Crippen molar-refractivity contribution in [3.8, 4) is 0 Å². The average Bonchev–Trinajstić information content (AvgIpc) is 2.18. The van der Waals surface area contributed by atoms with Gasteiger partial charge in [0.2, 0.25) is 0 Å². The van der Waals surface area contributed by atoms with Crippen LogP contribution in [0.3, 0.4) is 0 Å². The van der Waals surface area contributed by atoms with Gasteiger partial charge in [0.25, 0.3) is 0 Å². The van der Waals surface area contributed by atoms with E-state index in [1.807, 2.05) is 7.05 Å². The zero-order valence-electron chi connectivity index (χ0n) is 11.0. The molecular weight excluding hydrogens is 186 g/mol. The van der Waals surface area contributed by atoms with Gasteiger partial charge in [0.15, 0.2) is 0 Å². The maximum atomic E-state index is 3.28. The molecule has 1 saturated heterocycles. The highest BCUT2D eigenvalue weighted by Crippen LogP contribution is 2.24. The van der Waals surface area contributed by atoms with Gasteiger partial charge in [-0.3, -0.25) is 4.90 Å². The van der Waals surface area contributed by atoms with Crippen molar-refractivity contribution in [1.82, 2.24) is 15.1 Å². The summed E-state index contributed by atoms with van der Waals surface area (Å²) in [5.41, 5.74) is 0.310. The maximum absolute atomic E-state index is 3.28. The van der Waals surface area contributed by atoms with Crippen LogP contribution in [-0.2, 0) is 0 Å². The van der Waals surface area contributed by atoms with Crippen molar-refractivity contribution >= 4 is 0 Å². The van der Waals surface area contributed by atoms with Crippen LogP contribution in [0.15, 0.2) is 0 Å². The third-order valence-electron chi connectivity index (χ3n) is 4.03. The molecule has 1 aliphatic heterocycles. The van der Waals surface area contributed by atoms with Gasteiger partial charge in [-0.05, 0) is 40.4 Å². The monoisotopic (exact) mass is 213 g/mol. The van der Waals surface area contributed by atoms with Crippen molar-refractivity contribution in [2.24, 2.45) is 5.92 Å². The molecule has 1 rings (SSSR count). The Morgan fingerprint density at radius 1 is 1.20 bits per heavy atom. The minimum atomic E-state index is 0.310. The number of hydrogen-bond acceptors (Lipinski definition) is 3. The molecule has 0 aromatic rings. The molecule has 0 bridgehead atoms. The molecule has 0 saturated carbocycles. The van der Waals surface area contributed by atoms with E-state index in [2.05, 4.69) is 42.9 Å². The van der Waals surface area contributed by atoms with E-state index in [1.165, 1.54) is 26.2 Å². The number of nitrogens with one attached hydrogen (secondary N) is 1. The van der Waals surface area contributed by atoms with Crippen LogP contribution in [0.25, 0.3) is 0 Å². The van der Waals surface area contributed by atoms with Crippen LogP contribution in [0.2, 0.25) is 0 Å². The molecule has 0 aromatic carbocycles. The Kier molecular flexibility index (Phi) is 4.56. The fraction of sp³-hybridized carbons (Fsp3) is 1.00. The third kappa shape index (κ3) is 3.16. The topological polar surface area (TPSA) is 18.5 Å². The summed E-state index contributed by atoms with van der Waals surface area (Å²) < 4.78 is 0. The molecule has 0 spiro atoms. The van der Waals surface area contributed by atoms with Crippen LogP contribution in [0.4, 0.5) is 0 Å². The largest absolute Gasteiger partial charge is 0.319 e. The van der Waals surface area contributed by atoms with Gasteiger partial charge in [0.05, 0.1) is 0 Å². The molecule has 1 atom stereocenters. The van der Waals surface area contributed by atoms with Crippen LogP contribution in [0, 0.1) is 5.92 Å². The van der Waals surface area contributed by atoms with Crippen LogP contribution in [-0.4, -0.2) is 62.2 Å². The molecule has 1 unspecified atom stereocenters. The summed E-state index contributed by atoms with van der Waals surface area (Å²) in [6.07, 6.45) is 0. The van der Waals surface area contributed by atoms with Crippen molar-refractivity contribution in [3.05, 3.63) is 0 Å². The Hall–Kier alpha value is -0.120. The number of likely N-dealkylation sites (N-methyl/N-ethyl adjacent to an activating group) is 1. The van der Waals surface area contributed by atoms with Gasteiger partial charge < -0.3 is 10.2 Å². The van der Waals surface area contributed by atoms with Gasteiger partial charge >= 0.3 is 0 Å². The molecule has 1 N–H and O–H groups in total. The van der Waals surface area contributed by atoms with Gasteiger partial charge in [-0.2, -0.15) is 0 Å². The van der Waals surface area contributed by atoms with E-state index in [9.17, 15) is 0 Å². The van der Waals surface area contributed by atoms with E-state index in [4.69, 9.17) is 0 Å². The first kappa shape index (κ1) is 12.9. The smallest absolute Gasteiger partial charge is 0.0191 e. The molecule has 1 aliphatic rings. The lowest BCUT2D eigenvalue weighted by Crippen LogP contribution is -2.57. The predicted molar refractivity (Wildman–Crippen MR) is 66.2 cm³/mol. The lowest BCUT2D eigenvalue weighted by molar-refractivity contribution is 0.0285. The fourth-order valence-electron chi connectivity index (χ4n) is 2.25. The van der Waals surface area contributed by atoms with Gasteiger partial charge in [-0.15, -0.1) is 0 Å². The molecule has 0 aliphatic carbocycles. The van der Waals surface area contributed by atoms with E-state index < -0.39 is 0 Å². The number of rotatable bonds is 4. The second-order valence-electron chi connectivity index (χ2n) is 5.40. The summed E-state index contributed by atoms with van der Waals surface area (Å²) in [4.78, 5) is 5.05. The molecular formula is C12H27N3. The SMILES string of the molecule is CNCC(C)C(C)(C)N1CCN(C)CC1. The van der Waals surface area contributed by atoms with E-state index >= 15 is 0 Å². The van der Waals surface area contributed by atoms with Crippen LogP contribution in [0.5, 0.6) is 0 Å². The van der Waals surface area contributed by atoms with Gasteiger partial charge in [0.1, 0.15) is 0 Å². The first-order valence-electron chi connectivity index (χ1n) is 6.06. The molecule has 90 valence electrons. The number of nitrogens with zero attached hydrogens (tertiary/aromatic N) is 2. The zero-order chi connectivity index (χ0) is 11.5. The van der Waals surface area contributed by atoms with E-state index in [-0.39, 0.29) is 0 Å². The average molecular weight is 213 g/mol. The van der Waals surface area contributed by atoms with E-state index in [0.717, 1.165) is 6.54 Å². The molecule has 1 fully saturated rings. The van der Waals surface area contributed by atoms with Gasteiger partial charge in [-0.25, -0.2) is 0 Å². The molecule has 3 nitrogen and oxygen atoms in total. The Bertz CT molecular complexity index is 183. The second-order valence-corrected chi connectivity index (χ2v) is 5.40. The van der Waals surface area contributed by atoms with Crippen LogP contribution < -0.4 is 5.32 Å². The molecule has 0 aromatic heterocycles. The van der Waals surface area contributed by atoms with E-state index in [1.54, 1.807) is 0 Å². The Labute approximate surface area is 94.8 Å². The van der Waals surface area contributed by atoms with Gasteiger partial charge in [-0.1, -0.05) is 6.92 Å². The summed E-state index contributed by atoms with van der Waals surface area (Å²) in [5.74, 6) is 0.686. The zero-order valence-corrected chi connectivity index (χ0v) is 11.0. The molecule has 3 heteroatoms. The summed E-state index contributed by atoms with van der Waals surface area (Å²) >= 11 is 0. The highest BCUT2D eigenvalue weighted by atomic mass is 15.3. The van der Waals surface area contributed by atoms with E-state index in [0.29, 0.717) is 11.5 Å². The molecule has 1 heterocycles. The maximum Gasteiger partial charge on any atom is 0.0191 e. The number of hydrogen-bond donors (Lipinski definition) is 1. The number of piperazine rings is 1. The Morgan fingerprint density at radius 2 is 1.73 bits per heavy atom. The first-order valence-corrected chi connectivity index (χ1v) is 6.06. The van der Waals surface area contributed by atoms with Crippen molar-refractivity contribution < 1.29 is 0 Å². The molecule has 0 amide bonds. The summed E-state index contributed by atoms with van der Waals surface area (Å²) in [5, 5.41) is 3.28. The normalized spacial score (nSPS) is 23.0. The predicted octanol–water partition coefficient (Wildman–Crippen LogP) is 0.868. The Morgan fingerprint density at radius 3 is 2.20 bits per heavy atom. The van der Waals surface area contributed by atoms with Crippen molar-refractivity contribution in [2.75, 3.05) is 46.8 Å². The minimum Gasteiger partial charge on any atom is -0.319 e. The highest BCUT2D eigenvalue weighted by molar-refractivity contribution is 4.89. The van der Waals surface area contributed by atoms with Crippen molar-refractivity contribution in [3.63, 3.8) is 0 Å².